The number of amidine groups is 1. The van der Waals surface area contributed by atoms with Crippen LogP contribution in [0.5, 0.6) is 5.75 Å². The van der Waals surface area contributed by atoms with Gasteiger partial charge in [-0.2, -0.15) is 0 Å². The van der Waals surface area contributed by atoms with E-state index in [2.05, 4.69) is 12.1 Å². The molecule has 0 radical (unpaired) electrons. The van der Waals surface area contributed by atoms with Gasteiger partial charge in [0.15, 0.2) is 5.84 Å². The monoisotopic (exact) mass is 288 g/mol. The summed E-state index contributed by atoms with van der Waals surface area (Å²) in [7, 11) is 0. The number of hydrogen-bond acceptors (Lipinski definition) is 3. The fourth-order valence-electron chi connectivity index (χ4n) is 1.96. The Morgan fingerprint density at radius 3 is 2.76 bits per heavy atom. The van der Waals surface area contributed by atoms with E-state index in [9.17, 15) is 4.39 Å². The Balaban J connectivity index is 2.14. The Morgan fingerprint density at radius 1 is 1.24 bits per heavy atom. The first kappa shape index (κ1) is 14.8. The Hall–Kier alpha value is -2.56. The number of nitrogens with two attached hydrogens (primary N) is 1. The van der Waals surface area contributed by atoms with Gasteiger partial charge in [0.05, 0.1) is 0 Å². The summed E-state index contributed by atoms with van der Waals surface area (Å²) >= 11 is 0. The lowest BCUT2D eigenvalue weighted by Crippen LogP contribution is -2.14. The summed E-state index contributed by atoms with van der Waals surface area (Å²) in [6, 6.07) is 11.9. The zero-order valence-corrected chi connectivity index (χ0v) is 11.7. The van der Waals surface area contributed by atoms with E-state index < -0.39 is 5.82 Å². The van der Waals surface area contributed by atoms with E-state index in [1.165, 1.54) is 17.7 Å². The number of benzene rings is 2. The second-order valence-corrected chi connectivity index (χ2v) is 4.62. The van der Waals surface area contributed by atoms with Crippen molar-refractivity contribution in [2.75, 3.05) is 0 Å². The maximum absolute atomic E-state index is 13.5. The third-order valence-corrected chi connectivity index (χ3v) is 3.07. The summed E-state index contributed by atoms with van der Waals surface area (Å²) in [6.07, 6.45) is 0.921. The minimum absolute atomic E-state index is 0.135. The van der Waals surface area contributed by atoms with Crippen molar-refractivity contribution >= 4 is 5.84 Å². The summed E-state index contributed by atoms with van der Waals surface area (Å²) in [5.74, 6) is 0.132. The van der Waals surface area contributed by atoms with Gasteiger partial charge in [-0.3, -0.25) is 0 Å². The maximum atomic E-state index is 13.5. The fourth-order valence-corrected chi connectivity index (χ4v) is 1.96. The minimum Gasteiger partial charge on any atom is -0.489 e. The quantitative estimate of drug-likeness (QED) is 0.384. The highest BCUT2D eigenvalue weighted by Gasteiger charge is 2.06. The average Bonchev–Trinajstić information content (AvgIpc) is 2.51. The summed E-state index contributed by atoms with van der Waals surface area (Å²) in [4.78, 5) is 0. The molecule has 3 N–H and O–H groups in total. The van der Waals surface area contributed by atoms with Crippen molar-refractivity contribution in [3.8, 4) is 5.75 Å². The number of halogens is 1. The highest BCUT2D eigenvalue weighted by atomic mass is 19.1. The van der Waals surface area contributed by atoms with Crippen LogP contribution in [-0.4, -0.2) is 11.0 Å². The van der Waals surface area contributed by atoms with Crippen molar-refractivity contribution in [2.45, 2.75) is 20.0 Å². The molecule has 0 aliphatic rings. The summed E-state index contributed by atoms with van der Waals surface area (Å²) in [5.41, 5.74) is 7.57. The van der Waals surface area contributed by atoms with Crippen LogP contribution in [0.25, 0.3) is 0 Å². The number of ether oxygens (including phenoxy) is 1. The number of oxime groups is 1. The molecule has 0 bridgehead atoms. The van der Waals surface area contributed by atoms with Gasteiger partial charge in [-0.1, -0.05) is 24.2 Å². The molecular formula is C16H17FN2O2. The van der Waals surface area contributed by atoms with Crippen LogP contribution in [0.4, 0.5) is 4.39 Å². The lowest BCUT2D eigenvalue weighted by molar-refractivity contribution is 0.305. The van der Waals surface area contributed by atoms with Gasteiger partial charge in [-0.15, -0.1) is 0 Å². The minimum atomic E-state index is -0.458. The second kappa shape index (κ2) is 6.74. The van der Waals surface area contributed by atoms with Gasteiger partial charge in [-0.05, 0) is 47.9 Å². The zero-order valence-electron chi connectivity index (χ0n) is 11.7. The van der Waals surface area contributed by atoms with Crippen molar-refractivity contribution in [1.82, 2.24) is 0 Å². The largest absolute Gasteiger partial charge is 0.489 e. The molecule has 4 nitrogen and oxygen atoms in total. The molecule has 21 heavy (non-hydrogen) atoms. The Bertz CT molecular complexity index is 656. The fraction of sp³-hybridized carbons (Fsp3) is 0.188. The predicted octanol–water partition coefficient (Wildman–Crippen LogP) is 3.06. The number of rotatable bonds is 5. The van der Waals surface area contributed by atoms with Crippen LogP contribution in [0, 0.1) is 5.82 Å². The maximum Gasteiger partial charge on any atom is 0.170 e. The normalized spacial score (nSPS) is 11.4. The molecule has 0 aliphatic carbocycles. The van der Waals surface area contributed by atoms with E-state index in [0.717, 1.165) is 12.2 Å². The van der Waals surface area contributed by atoms with Gasteiger partial charge in [-0.25, -0.2) is 4.39 Å². The molecule has 0 saturated heterocycles. The smallest absolute Gasteiger partial charge is 0.170 e. The molecule has 0 aromatic heterocycles. The lowest BCUT2D eigenvalue weighted by atomic mass is 10.1. The SMILES string of the molecule is CCc1cccc(OCc2cc(F)cc(/C(N)=N/O)c2)c1. The molecule has 0 heterocycles. The second-order valence-electron chi connectivity index (χ2n) is 4.62. The van der Waals surface area contributed by atoms with Crippen LogP contribution in [-0.2, 0) is 13.0 Å². The third-order valence-electron chi connectivity index (χ3n) is 3.07. The van der Waals surface area contributed by atoms with Crippen LogP contribution >= 0.6 is 0 Å². The molecule has 0 amide bonds. The van der Waals surface area contributed by atoms with Crippen LogP contribution in [0.3, 0.4) is 0 Å². The first-order valence-corrected chi connectivity index (χ1v) is 6.61. The van der Waals surface area contributed by atoms with Gasteiger partial charge in [0, 0.05) is 5.56 Å². The molecule has 2 aromatic carbocycles. The first-order chi connectivity index (χ1) is 10.1. The van der Waals surface area contributed by atoms with Crippen LogP contribution in [0.1, 0.15) is 23.6 Å². The summed E-state index contributed by atoms with van der Waals surface area (Å²) in [6.45, 7) is 2.27. The van der Waals surface area contributed by atoms with E-state index in [-0.39, 0.29) is 12.4 Å². The van der Waals surface area contributed by atoms with Gasteiger partial charge >= 0.3 is 0 Å². The molecule has 2 aromatic rings. The van der Waals surface area contributed by atoms with E-state index in [1.807, 2.05) is 24.3 Å². The lowest BCUT2D eigenvalue weighted by Gasteiger charge is -2.09. The van der Waals surface area contributed by atoms with Crippen molar-refractivity contribution < 1.29 is 14.3 Å². The molecule has 0 atom stereocenters. The van der Waals surface area contributed by atoms with Gasteiger partial charge in [0.2, 0.25) is 0 Å². The van der Waals surface area contributed by atoms with Crippen LogP contribution < -0.4 is 10.5 Å². The highest BCUT2D eigenvalue weighted by Crippen LogP contribution is 2.17. The first-order valence-electron chi connectivity index (χ1n) is 6.61. The summed E-state index contributed by atoms with van der Waals surface area (Å²) < 4.78 is 19.2. The van der Waals surface area contributed by atoms with Gasteiger partial charge in [0.25, 0.3) is 0 Å². The zero-order chi connectivity index (χ0) is 15.2. The highest BCUT2D eigenvalue weighted by molar-refractivity contribution is 5.97. The van der Waals surface area contributed by atoms with Crippen LogP contribution in [0.2, 0.25) is 0 Å². The Labute approximate surface area is 122 Å². The van der Waals surface area contributed by atoms with E-state index in [0.29, 0.717) is 11.1 Å². The van der Waals surface area contributed by atoms with Gasteiger partial charge < -0.3 is 15.7 Å². The van der Waals surface area contributed by atoms with E-state index in [1.54, 1.807) is 6.07 Å². The van der Waals surface area contributed by atoms with E-state index >= 15 is 0 Å². The number of aryl methyl sites for hydroxylation is 1. The molecule has 5 heteroatoms. The molecule has 0 unspecified atom stereocenters. The molecule has 0 saturated carbocycles. The molecule has 0 aliphatic heterocycles. The molecule has 110 valence electrons. The summed E-state index contributed by atoms with van der Waals surface area (Å²) in [5, 5.41) is 11.5. The number of hydrogen-bond donors (Lipinski definition) is 2. The van der Waals surface area contributed by atoms with Crippen molar-refractivity contribution in [3.63, 3.8) is 0 Å². The van der Waals surface area contributed by atoms with Crippen molar-refractivity contribution in [1.29, 1.82) is 0 Å². The number of nitrogens with zero attached hydrogens (tertiary/aromatic N) is 1. The molecule has 0 fully saturated rings. The Kier molecular flexibility index (Phi) is 4.77. The molecule has 2 rings (SSSR count). The molecular weight excluding hydrogens is 271 g/mol. The van der Waals surface area contributed by atoms with Crippen molar-refractivity contribution in [2.24, 2.45) is 10.9 Å². The van der Waals surface area contributed by atoms with Gasteiger partial charge in [0.1, 0.15) is 18.2 Å². The Morgan fingerprint density at radius 2 is 2.05 bits per heavy atom. The van der Waals surface area contributed by atoms with E-state index in [4.69, 9.17) is 15.7 Å². The van der Waals surface area contributed by atoms with Crippen LogP contribution in [0.15, 0.2) is 47.6 Å². The standard InChI is InChI=1S/C16H17FN2O2/c1-2-11-4-3-5-15(8-11)21-10-12-6-13(16(18)19-20)9-14(17)7-12/h3-9,20H,2,10H2,1H3,(H2,18,19). The average molecular weight is 288 g/mol. The van der Waals surface area contributed by atoms with Crippen molar-refractivity contribution in [3.05, 3.63) is 65.0 Å². The topological polar surface area (TPSA) is 67.8 Å². The molecule has 0 spiro atoms. The predicted molar refractivity (Wildman–Crippen MR) is 79.1 cm³/mol. The third kappa shape index (κ3) is 3.95.